The Labute approximate surface area is 116 Å². The van der Waals surface area contributed by atoms with Crippen molar-refractivity contribution in [2.75, 3.05) is 25.5 Å². The van der Waals surface area contributed by atoms with Gasteiger partial charge >= 0.3 is 0 Å². The zero-order valence-electron chi connectivity index (χ0n) is 10.5. The highest BCUT2D eigenvalue weighted by Gasteiger charge is 2.37. The molecule has 0 aromatic heterocycles. The molecule has 1 aromatic carbocycles. The molecule has 2 rings (SSSR count). The van der Waals surface area contributed by atoms with Gasteiger partial charge in [0, 0.05) is 6.54 Å². The van der Waals surface area contributed by atoms with Crippen LogP contribution in [0, 0.1) is 0 Å². The normalized spacial score (nSPS) is 20.7. The van der Waals surface area contributed by atoms with Crippen molar-refractivity contribution in [3.05, 3.63) is 18.2 Å². The number of sulfonamides is 1. The maximum Gasteiger partial charge on any atom is 0.244 e. The Kier molecular flexibility index (Phi) is 3.84. The van der Waals surface area contributed by atoms with Crippen molar-refractivity contribution in [2.45, 2.75) is 10.9 Å². The number of ether oxygens (including phenoxy) is 1. The van der Waals surface area contributed by atoms with Gasteiger partial charge in [-0.15, -0.1) is 0 Å². The minimum atomic E-state index is -3.93. The van der Waals surface area contributed by atoms with E-state index in [1.54, 1.807) is 0 Å². The number of hydrogen-bond donors (Lipinski definition) is 3. The van der Waals surface area contributed by atoms with E-state index in [1.807, 2.05) is 0 Å². The van der Waals surface area contributed by atoms with Gasteiger partial charge in [-0.3, -0.25) is 4.79 Å². The smallest absolute Gasteiger partial charge is 0.244 e. The molecule has 0 saturated carbocycles. The molecule has 1 saturated heterocycles. The van der Waals surface area contributed by atoms with Crippen molar-refractivity contribution in [3.8, 4) is 5.75 Å². The summed E-state index contributed by atoms with van der Waals surface area (Å²) in [7, 11) is -3.93. The summed E-state index contributed by atoms with van der Waals surface area (Å²) >= 11 is 0. The summed E-state index contributed by atoms with van der Waals surface area (Å²) < 4.78 is 31.0. The molecule has 8 nitrogen and oxygen atoms in total. The van der Waals surface area contributed by atoms with Crippen molar-refractivity contribution in [2.24, 2.45) is 5.73 Å². The molecule has 1 aliphatic rings. The van der Waals surface area contributed by atoms with E-state index in [9.17, 15) is 18.3 Å². The maximum absolute atomic E-state index is 12.5. The van der Waals surface area contributed by atoms with E-state index in [1.165, 1.54) is 12.1 Å². The predicted molar refractivity (Wildman–Crippen MR) is 70.2 cm³/mol. The number of phenolic OH excluding ortho intramolecular Hbond substituents is 1. The molecule has 0 bridgehead atoms. The lowest BCUT2D eigenvalue weighted by Gasteiger charge is -2.32. The Morgan fingerprint density at radius 3 is 2.75 bits per heavy atom. The second-order valence-electron chi connectivity index (χ2n) is 4.33. The minimum Gasteiger partial charge on any atom is -0.506 e. The Morgan fingerprint density at radius 2 is 2.15 bits per heavy atom. The van der Waals surface area contributed by atoms with Crippen molar-refractivity contribution in [1.29, 1.82) is 0 Å². The van der Waals surface area contributed by atoms with Crippen LogP contribution in [0.5, 0.6) is 5.75 Å². The van der Waals surface area contributed by atoms with E-state index < -0.39 is 22.0 Å². The topological polar surface area (TPSA) is 136 Å². The lowest BCUT2D eigenvalue weighted by Crippen LogP contribution is -2.54. The van der Waals surface area contributed by atoms with E-state index in [-0.39, 0.29) is 36.1 Å². The van der Waals surface area contributed by atoms with Gasteiger partial charge in [-0.05, 0) is 18.2 Å². The number of benzene rings is 1. The number of nitrogens with two attached hydrogens (primary N) is 2. The Balaban J connectivity index is 2.42. The highest BCUT2D eigenvalue weighted by molar-refractivity contribution is 7.89. The van der Waals surface area contributed by atoms with E-state index >= 15 is 0 Å². The predicted octanol–water partition coefficient (Wildman–Crippen LogP) is -1.15. The molecule has 1 aromatic rings. The molecule has 0 radical (unpaired) electrons. The largest absolute Gasteiger partial charge is 0.506 e. The third-order valence-electron chi connectivity index (χ3n) is 3.01. The van der Waals surface area contributed by atoms with Gasteiger partial charge in [-0.2, -0.15) is 4.31 Å². The van der Waals surface area contributed by atoms with Gasteiger partial charge in [-0.25, -0.2) is 8.42 Å². The Morgan fingerprint density at radius 1 is 1.45 bits per heavy atom. The molecule has 0 spiro atoms. The van der Waals surface area contributed by atoms with Crippen LogP contribution in [-0.2, 0) is 19.6 Å². The minimum absolute atomic E-state index is 0.0245. The summed E-state index contributed by atoms with van der Waals surface area (Å²) in [5, 5.41) is 9.33. The number of carbonyl (C=O) groups excluding carboxylic acids is 1. The zero-order chi connectivity index (χ0) is 14.9. The molecule has 20 heavy (non-hydrogen) atoms. The molecule has 0 aliphatic carbocycles. The molecule has 1 amide bonds. The first kappa shape index (κ1) is 14.6. The van der Waals surface area contributed by atoms with Gasteiger partial charge in [0.25, 0.3) is 0 Å². The van der Waals surface area contributed by atoms with Crippen LogP contribution in [-0.4, -0.2) is 49.5 Å². The second-order valence-corrected chi connectivity index (χ2v) is 6.22. The SMILES string of the molecule is NC(=O)C1COCCN1S(=O)(=O)c1ccc(O)c(N)c1. The van der Waals surface area contributed by atoms with Crippen molar-refractivity contribution in [1.82, 2.24) is 4.31 Å². The maximum atomic E-state index is 12.5. The number of hydrogen-bond acceptors (Lipinski definition) is 6. The summed E-state index contributed by atoms with van der Waals surface area (Å²) in [6.07, 6.45) is 0. The summed E-state index contributed by atoms with van der Waals surface area (Å²) in [6.45, 7) is 0.120. The van der Waals surface area contributed by atoms with Gasteiger partial charge in [0.15, 0.2) is 0 Å². The lowest BCUT2D eigenvalue weighted by atomic mass is 10.3. The average molecular weight is 301 g/mol. The fraction of sp³-hybridized carbons (Fsp3) is 0.364. The van der Waals surface area contributed by atoms with E-state index in [4.69, 9.17) is 16.2 Å². The van der Waals surface area contributed by atoms with Gasteiger partial charge in [-0.1, -0.05) is 0 Å². The number of phenols is 1. The second kappa shape index (κ2) is 5.27. The van der Waals surface area contributed by atoms with Crippen LogP contribution < -0.4 is 11.5 Å². The fourth-order valence-electron chi connectivity index (χ4n) is 1.93. The summed E-state index contributed by atoms with van der Waals surface area (Å²) in [6, 6.07) is 2.48. The molecule has 1 aliphatic heterocycles. The van der Waals surface area contributed by atoms with Gasteiger partial charge in [0.05, 0.1) is 23.8 Å². The van der Waals surface area contributed by atoms with Crippen LogP contribution >= 0.6 is 0 Å². The number of amides is 1. The summed E-state index contributed by atoms with van der Waals surface area (Å²) in [5.41, 5.74) is 10.6. The standard InChI is InChI=1S/C11H15N3O5S/c12-8-5-7(1-2-10(8)15)20(17,18)14-3-4-19-6-9(14)11(13)16/h1-2,5,9,15H,3-4,6,12H2,(H2,13,16). The van der Waals surface area contributed by atoms with Crippen LogP contribution in [0.3, 0.4) is 0 Å². The number of anilines is 1. The fourth-order valence-corrected chi connectivity index (χ4v) is 3.53. The first-order chi connectivity index (χ1) is 9.34. The summed E-state index contributed by atoms with van der Waals surface area (Å²) in [5.74, 6) is -0.989. The molecular weight excluding hydrogens is 286 g/mol. The van der Waals surface area contributed by atoms with Crippen LogP contribution in [0.15, 0.2) is 23.1 Å². The Bertz CT molecular complexity index is 631. The molecule has 1 fully saturated rings. The summed E-state index contributed by atoms with van der Waals surface area (Å²) in [4.78, 5) is 11.2. The van der Waals surface area contributed by atoms with Crippen LogP contribution in [0.4, 0.5) is 5.69 Å². The number of rotatable bonds is 3. The third-order valence-corrected chi connectivity index (χ3v) is 4.92. The molecular formula is C11H15N3O5S. The van der Waals surface area contributed by atoms with Gasteiger partial charge in [0.2, 0.25) is 15.9 Å². The molecule has 1 heterocycles. The highest BCUT2D eigenvalue weighted by atomic mass is 32.2. The number of nitrogens with zero attached hydrogens (tertiary/aromatic N) is 1. The zero-order valence-corrected chi connectivity index (χ0v) is 11.3. The van der Waals surface area contributed by atoms with Crippen LogP contribution in [0.2, 0.25) is 0 Å². The molecule has 110 valence electrons. The number of nitrogen functional groups attached to an aromatic ring is 1. The van der Waals surface area contributed by atoms with Crippen LogP contribution in [0.25, 0.3) is 0 Å². The number of morpholine rings is 1. The first-order valence-corrected chi connectivity index (χ1v) is 7.25. The Hall–Kier alpha value is -1.84. The quantitative estimate of drug-likeness (QED) is 0.476. The third kappa shape index (κ3) is 2.55. The van der Waals surface area contributed by atoms with Gasteiger partial charge < -0.3 is 21.3 Å². The molecule has 9 heteroatoms. The van der Waals surface area contributed by atoms with E-state index in [0.717, 1.165) is 10.4 Å². The molecule has 1 atom stereocenters. The van der Waals surface area contributed by atoms with E-state index in [2.05, 4.69) is 0 Å². The monoisotopic (exact) mass is 301 g/mol. The number of carbonyl (C=O) groups is 1. The van der Waals surface area contributed by atoms with Crippen LogP contribution in [0.1, 0.15) is 0 Å². The van der Waals surface area contributed by atoms with Gasteiger partial charge in [0.1, 0.15) is 11.8 Å². The molecule has 5 N–H and O–H groups in total. The average Bonchev–Trinajstić information content (AvgIpc) is 2.41. The van der Waals surface area contributed by atoms with Crippen molar-refractivity contribution >= 4 is 21.6 Å². The number of aromatic hydroxyl groups is 1. The van der Waals surface area contributed by atoms with E-state index in [0.29, 0.717) is 0 Å². The number of primary amides is 1. The molecule has 1 unspecified atom stereocenters. The van der Waals surface area contributed by atoms with Crippen molar-refractivity contribution in [3.63, 3.8) is 0 Å². The first-order valence-electron chi connectivity index (χ1n) is 5.81. The lowest BCUT2D eigenvalue weighted by molar-refractivity contribution is -0.125. The highest BCUT2D eigenvalue weighted by Crippen LogP contribution is 2.26. The van der Waals surface area contributed by atoms with Crippen molar-refractivity contribution < 1.29 is 23.1 Å².